The standard InChI is InChI=1S/C20H27F2N3O3/c1-20(2,3)28-19(27)24(4)7-6-14-23-17-15(21)12-8-11(10-26)9-13(12)16(22)18(17)25(14)5/h11,26H,6-10H2,1-5H3. The van der Waals surface area contributed by atoms with Crippen molar-refractivity contribution in [2.24, 2.45) is 13.0 Å². The van der Waals surface area contributed by atoms with E-state index < -0.39 is 23.3 Å². The number of carbonyl (C=O) groups excluding carboxylic acids is 1. The Morgan fingerprint density at radius 3 is 2.46 bits per heavy atom. The lowest BCUT2D eigenvalue weighted by molar-refractivity contribution is 0.0300. The molecule has 0 bridgehead atoms. The molecule has 1 aliphatic carbocycles. The Labute approximate surface area is 163 Å². The van der Waals surface area contributed by atoms with Gasteiger partial charge in [0.05, 0.1) is 0 Å². The average molecular weight is 395 g/mol. The number of amides is 1. The van der Waals surface area contributed by atoms with Crippen molar-refractivity contribution in [3.8, 4) is 0 Å². The number of aromatic nitrogens is 2. The van der Waals surface area contributed by atoms with Crippen LogP contribution in [0, 0.1) is 17.6 Å². The van der Waals surface area contributed by atoms with Gasteiger partial charge in [0.2, 0.25) is 0 Å². The van der Waals surface area contributed by atoms with Gasteiger partial charge in [-0.1, -0.05) is 0 Å². The second-order valence-electron chi connectivity index (χ2n) is 8.48. The zero-order valence-corrected chi connectivity index (χ0v) is 17.0. The molecule has 0 aliphatic heterocycles. The van der Waals surface area contributed by atoms with Crippen LogP contribution in [0.2, 0.25) is 0 Å². The number of likely N-dealkylation sites (N-methyl/N-ethyl adjacent to an activating group) is 1. The molecule has 1 heterocycles. The number of carbonyl (C=O) groups is 1. The zero-order chi connectivity index (χ0) is 20.8. The summed E-state index contributed by atoms with van der Waals surface area (Å²) < 4.78 is 36.9. The van der Waals surface area contributed by atoms with Crippen molar-refractivity contribution in [3.05, 3.63) is 28.6 Å². The topological polar surface area (TPSA) is 67.6 Å². The molecule has 1 aliphatic rings. The summed E-state index contributed by atoms with van der Waals surface area (Å²) in [6, 6.07) is 0. The van der Waals surface area contributed by atoms with Crippen LogP contribution < -0.4 is 0 Å². The van der Waals surface area contributed by atoms with Crippen LogP contribution in [0.3, 0.4) is 0 Å². The SMILES string of the molecule is CN(CCc1nc2c(F)c3c(c(F)c2n1C)CC(CO)C3)C(=O)OC(C)(C)C. The van der Waals surface area contributed by atoms with Gasteiger partial charge in [-0.3, -0.25) is 0 Å². The Bertz CT molecular complexity index is 918. The summed E-state index contributed by atoms with van der Waals surface area (Å²) in [5.74, 6) is -0.642. The summed E-state index contributed by atoms with van der Waals surface area (Å²) in [4.78, 5) is 17.8. The van der Waals surface area contributed by atoms with Crippen LogP contribution >= 0.6 is 0 Å². The second-order valence-corrected chi connectivity index (χ2v) is 8.48. The van der Waals surface area contributed by atoms with Gasteiger partial charge in [0.1, 0.15) is 22.5 Å². The van der Waals surface area contributed by atoms with Crippen molar-refractivity contribution in [1.82, 2.24) is 14.5 Å². The number of ether oxygens (including phenoxy) is 1. The minimum Gasteiger partial charge on any atom is -0.444 e. The molecule has 0 fully saturated rings. The third kappa shape index (κ3) is 3.70. The Morgan fingerprint density at radius 2 is 1.89 bits per heavy atom. The first kappa shape index (κ1) is 20.5. The van der Waals surface area contributed by atoms with E-state index >= 15 is 4.39 Å². The highest BCUT2D eigenvalue weighted by molar-refractivity contribution is 5.80. The van der Waals surface area contributed by atoms with Crippen molar-refractivity contribution >= 4 is 17.1 Å². The molecule has 8 heteroatoms. The lowest BCUT2D eigenvalue weighted by atomic mass is 10.1. The number of hydrogen-bond acceptors (Lipinski definition) is 4. The minimum absolute atomic E-state index is 0.00672. The molecule has 28 heavy (non-hydrogen) atoms. The first-order chi connectivity index (χ1) is 13.0. The van der Waals surface area contributed by atoms with E-state index in [1.165, 1.54) is 4.90 Å². The predicted octanol–water partition coefficient (Wildman–Crippen LogP) is 2.97. The molecule has 154 valence electrons. The molecule has 1 aromatic carbocycles. The van der Waals surface area contributed by atoms with Crippen molar-refractivity contribution in [2.75, 3.05) is 20.2 Å². The van der Waals surface area contributed by atoms with Gasteiger partial charge in [-0.25, -0.2) is 18.6 Å². The number of imidazole rings is 1. The molecule has 1 unspecified atom stereocenters. The maximum Gasteiger partial charge on any atom is 0.410 e. The van der Waals surface area contributed by atoms with Crippen molar-refractivity contribution in [2.45, 2.75) is 45.6 Å². The van der Waals surface area contributed by atoms with E-state index in [9.17, 15) is 14.3 Å². The van der Waals surface area contributed by atoms with Crippen LogP contribution in [0.5, 0.6) is 0 Å². The third-order valence-electron chi connectivity index (χ3n) is 5.12. The first-order valence-corrected chi connectivity index (χ1v) is 9.42. The van der Waals surface area contributed by atoms with Gasteiger partial charge in [-0.15, -0.1) is 0 Å². The van der Waals surface area contributed by atoms with Gasteiger partial charge in [-0.05, 0) is 50.7 Å². The van der Waals surface area contributed by atoms with Crippen LogP contribution in [0.4, 0.5) is 13.6 Å². The molecule has 1 aromatic heterocycles. The van der Waals surface area contributed by atoms with Gasteiger partial charge in [0, 0.05) is 33.7 Å². The molecule has 1 atom stereocenters. The molecular weight excluding hydrogens is 368 g/mol. The first-order valence-electron chi connectivity index (χ1n) is 9.42. The normalized spacial score (nSPS) is 16.5. The molecule has 1 N–H and O–H groups in total. The molecule has 0 saturated carbocycles. The van der Waals surface area contributed by atoms with Gasteiger partial charge in [0.25, 0.3) is 0 Å². The summed E-state index contributed by atoms with van der Waals surface area (Å²) >= 11 is 0. The van der Waals surface area contributed by atoms with Crippen molar-refractivity contribution < 1.29 is 23.4 Å². The number of benzene rings is 1. The van der Waals surface area contributed by atoms with Crippen LogP contribution in [0.1, 0.15) is 37.7 Å². The number of fused-ring (bicyclic) bond motifs is 2. The van der Waals surface area contributed by atoms with Crippen LogP contribution in [-0.4, -0.2) is 51.5 Å². The average Bonchev–Trinajstić information content (AvgIpc) is 3.18. The van der Waals surface area contributed by atoms with Gasteiger partial charge in [-0.2, -0.15) is 0 Å². The summed E-state index contributed by atoms with van der Waals surface area (Å²) in [6.07, 6.45) is 0.520. The molecule has 2 aromatic rings. The lowest BCUT2D eigenvalue weighted by Crippen LogP contribution is -2.35. The summed E-state index contributed by atoms with van der Waals surface area (Å²) in [5, 5.41) is 9.34. The summed E-state index contributed by atoms with van der Waals surface area (Å²) in [7, 11) is 3.26. The number of aryl methyl sites for hydroxylation is 1. The number of hydrogen-bond donors (Lipinski definition) is 1. The Balaban J connectivity index is 1.85. The highest BCUT2D eigenvalue weighted by Gasteiger charge is 2.31. The van der Waals surface area contributed by atoms with Crippen LogP contribution in [0.25, 0.3) is 11.0 Å². The Morgan fingerprint density at radius 1 is 1.29 bits per heavy atom. The fraction of sp³-hybridized carbons (Fsp3) is 0.600. The number of halogens is 2. The molecular formula is C20H27F2N3O3. The molecule has 1 amide bonds. The Hall–Kier alpha value is -2.22. The van der Waals surface area contributed by atoms with E-state index in [4.69, 9.17) is 4.74 Å². The van der Waals surface area contributed by atoms with Gasteiger partial charge < -0.3 is 19.3 Å². The Kier molecular flexibility index (Phi) is 5.36. The maximum absolute atomic E-state index is 15.1. The molecule has 0 radical (unpaired) electrons. The highest BCUT2D eigenvalue weighted by atomic mass is 19.1. The number of aliphatic hydroxyl groups excluding tert-OH is 1. The van der Waals surface area contributed by atoms with E-state index in [0.29, 0.717) is 42.8 Å². The monoisotopic (exact) mass is 395 g/mol. The maximum atomic E-state index is 15.1. The van der Waals surface area contributed by atoms with Crippen molar-refractivity contribution in [3.63, 3.8) is 0 Å². The molecule has 0 spiro atoms. The summed E-state index contributed by atoms with van der Waals surface area (Å²) in [5.41, 5.74) is 0.198. The number of aliphatic hydroxyl groups is 1. The van der Waals surface area contributed by atoms with E-state index in [2.05, 4.69) is 4.98 Å². The quantitative estimate of drug-likeness (QED) is 0.864. The molecule has 3 rings (SSSR count). The van der Waals surface area contributed by atoms with E-state index in [1.807, 2.05) is 0 Å². The molecule has 0 saturated heterocycles. The fourth-order valence-electron chi connectivity index (χ4n) is 3.63. The van der Waals surface area contributed by atoms with Gasteiger partial charge >= 0.3 is 6.09 Å². The highest BCUT2D eigenvalue weighted by Crippen LogP contribution is 2.36. The third-order valence-corrected chi connectivity index (χ3v) is 5.12. The fourth-order valence-corrected chi connectivity index (χ4v) is 3.63. The van der Waals surface area contributed by atoms with E-state index in [0.717, 1.165) is 0 Å². The number of nitrogens with zero attached hydrogens (tertiary/aromatic N) is 3. The predicted molar refractivity (Wildman–Crippen MR) is 101 cm³/mol. The smallest absolute Gasteiger partial charge is 0.410 e. The van der Waals surface area contributed by atoms with Crippen LogP contribution in [-0.2, 0) is 31.0 Å². The number of rotatable bonds is 4. The minimum atomic E-state index is -0.595. The molecule has 6 nitrogen and oxygen atoms in total. The van der Waals surface area contributed by atoms with E-state index in [-0.39, 0.29) is 23.6 Å². The van der Waals surface area contributed by atoms with Gasteiger partial charge in [0.15, 0.2) is 11.6 Å². The zero-order valence-electron chi connectivity index (χ0n) is 17.0. The largest absolute Gasteiger partial charge is 0.444 e. The van der Waals surface area contributed by atoms with Crippen LogP contribution in [0.15, 0.2) is 0 Å². The van der Waals surface area contributed by atoms with E-state index in [1.54, 1.807) is 39.4 Å². The second kappa shape index (κ2) is 7.31. The lowest BCUT2D eigenvalue weighted by Gasteiger charge is -2.24. The summed E-state index contributed by atoms with van der Waals surface area (Å²) in [6.45, 7) is 5.57. The van der Waals surface area contributed by atoms with Crippen molar-refractivity contribution in [1.29, 1.82) is 0 Å².